The highest BCUT2D eigenvalue weighted by Crippen LogP contribution is 2.20. The molecule has 86 valence electrons. The zero-order chi connectivity index (χ0) is 12.1. The Balaban J connectivity index is 2.90. The molecule has 1 aromatic carbocycles. The number of carbonyl (C=O) groups excluding carboxylic acids is 2. The molecule has 1 aromatic rings. The van der Waals surface area contributed by atoms with Gasteiger partial charge in [-0.1, -0.05) is 0 Å². The van der Waals surface area contributed by atoms with Gasteiger partial charge in [0.1, 0.15) is 12.0 Å². The Morgan fingerprint density at radius 1 is 1.44 bits per heavy atom. The van der Waals surface area contributed by atoms with Crippen molar-refractivity contribution in [1.29, 1.82) is 0 Å². The van der Waals surface area contributed by atoms with Crippen molar-refractivity contribution in [2.75, 3.05) is 0 Å². The van der Waals surface area contributed by atoms with Crippen LogP contribution in [0.2, 0.25) is 0 Å². The predicted molar refractivity (Wildman–Crippen MR) is 62.0 cm³/mol. The zero-order valence-electron chi connectivity index (χ0n) is 9.82. The van der Waals surface area contributed by atoms with Gasteiger partial charge in [-0.25, -0.2) is 0 Å². The van der Waals surface area contributed by atoms with E-state index in [1.165, 1.54) is 0 Å². The number of benzene rings is 1. The minimum Gasteiger partial charge on any atom is -0.491 e. The lowest BCUT2D eigenvalue weighted by Crippen LogP contribution is -2.07. The Kier molecular flexibility index (Phi) is 4.23. The summed E-state index contributed by atoms with van der Waals surface area (Å²) in [7, 11) is 0. The predicted octanol–water partition coefficient (Wildman–Crippen LogP) is 2.55. The maximum atomic E-state index is 11.5. The van der Waals surface area contributed by atoms with E-state index >= 15 is 0 Å². The van der Waals surface area contributed by atoms with Gasteiger partial charge in [-0.2, -0.15) is 0 Å². The Morgan fingerprint density at radius 3 is 2.62 bits per heavy atom. The van der Waals surface area contributed by atoms with Crippen LogP contribution in [0, 0.1) is 6.92 Å². The van der Waals surface area contributed by atoms with Gasteiger partial charge in [-0.15, -0.1) is 0 Å². The van der Waals surface area contributed by atoms with Crippen LogP contribution in [-0.4, -0.2) is 18.2 Å². The molecule has 0 aromatic heterocycles. The molecule has 0 aliphatic rings. The molecular weight excluding hydrogens is 204 g/mol. The van der Waals surface area contributed by atoms with Crippen molar-refractivity contribution in [2.24, 2.45) is 0 Å². The fraction of sp³-hybridized carbons (Fsp3) is 0.385. The average Bonchev–Trinajstić information content (AvgIpc) is 2.20. The van der Waals surface area contributed by atoms with Crippen LogP contribution < -0.4 is 4.74 Å². The normalized spacial score (nSPS) is 10.2. The van der Waals surface area contributed by atoms with Crippen molar-refractivity contribution < 1.29 is 14.3 Å². The number of Topliss-reactive ketones (excluding diaryl/α,β-unsaturated/α-hetero) is 1. The lowest BCUT2D eigenvalue weighted by Gasteiger charge is -2.12. The standard InChI is InChI=1S/C13H16O3/c1-9(2)16-13-5-4-11(8-10(13)3)12(15)6-7-14/h4-5,7-9H,6H2,1-3H3. The molecule has 0 aliphatic heterocycles. The summed E-state index contributed by atoms with van der Waals surface area (Å²) in [6, 6.07) is 5.22. The molecule has 3 heteroatoms. The summed E-state index contributed by atoms with van der Waals surface area (Å²) >= 11 is 0. The first-order valence-electron chi connectivity index (χ1n) is 5.28. The summed E-state index contributed by atoms with van der Waals surface area (Å²) in [6.07, 6.45) is 0.662. The molecule has 0 unspecified atom stereocenters. The summed E-state index contributed by atoms with van der Waals surface area (Å²) in [6.45, 7) is 5.78. The topological polar surface area (TPSA) is 43.4 Å². The van der Waals surface area contributed by atoms with Crippen LogP contribution in [0.1, 0.15) is 36.2 Å². The fourth-order valence-electron chi connectivity index (χ4n) is 1.40. The number of rotatable bonds is 5. The largest absolute Gasteiger partial charge is 0.491 e. The first kappa shape index (κ1) is 12.4. The molecule has 1 rings (SSSR count). The Labute approximate surface area is 95.4 Å². The molecule has 0 saturated carbocycles. The third kappa shape index (κ3) is 3.19. The fourth-order valence-corrected chi connectivity index (χ4v) is 1.40. The smallest absolute Gasteiger partial charge is 0.169 e. The van der Waals surface area contributed by atoms with Crippen LogP contribution in [0.15, 0.2) is 18.2 Å². The number of hydrogen-bond acceptors (Lipinski definition) is 3. The Bertz CT molecular complexity index is 394. The molecule has 0 N–H and O–H groups in total. The van der Waals surface area contributed by atoms with Crippen molar-refractivity contribution in [3.63, 3.8) is 0 Å². The van der Waals surface area contributed by atoms with Gasteiger partial charge >= 0.3 is 0 Å². The minimum atomic E-state index is -0.158. The van der Waals surface area contributed by atoms with Crippen molar-refractivity contribution >= 4 is 12.1 Å². The van der Waals surface area contributed by atoms with E-state index in [-0.39, 0.29) is 18.3 Å². The van der Waals surface area contributed by atoms with Gasteiger partial charge in [0.2, 0.25) is 0 Å². The molecule has 0 bridgehead atoms. The second kappa shape index (κ2) is 5.45. The number of ether oxygens (including phenoxy) is 1. The van der Waals surface area contributed by atoms with Crippen LogP contribution in [0.3, 0.4) is 0 Å². The maximum Gasteiger partial charge on any atom is 0.169 e. The van der Waals surface area contributed by atoms with E-state index < -0.39 is 0 Å². The monoisotopic (exact) mass is 220 g/mol. The van der Waals surface area contributed by atoms with E-state index in [0.29, 0.717) is 11.8 Å². The third-order valence-corrected chi connectivity index (χ3v) is 2.13. The van der Waals surface area contributed by atoms with Crippen LogP contribution in [0.25, 0.3) is 0 Å². The lowest BCUT2D eigenvalue weighted by molar-refractivity contribution is -0.107. The first-order chi connectivity index (χ1) is 7.54. The summed E-state index contributed by atoms with van der Waals surface area (Å²) in [5.41, 5.74) is 1.46. The van der Waals surface area contributed by atoms with Crippen molar-refractivity contribution in [2.45, 2.75) is 33.3 Å². The molecule has 0 spiro atoms. The van der Waals surface area contributed by atoms with E-state index in [9.17, 15) is 9.59 Å². The van der Waals surface area contributed by atoms with E-state index in [1.807, 2.05) is 20.8 Å². The number of ketones is 1. The zero-order valence-corrected chi connectivity index (χ0v) is 9.82. The second-order valence-electron chi connectivity index (χ2n) is 3.94. The summed E-state index contributed by atoms with van der Waals surface area (Å²) < 4.78 is 5.56. The number of aldehydes is 1. The number of carbonyl (C=O) groups is 2. The molecule has 0 radical (unpaired) electrons. The highest BCUT2D eigenvalue weighted by molar-refractivity contribution is 6.02. The molecular formula is C13H16O3. The number of hydrogen-bond donors (Lipinski definition) is 0. The number of aryl methyl sites for hydroxylation is 1. The van der Waals surface area contributed by atoms with Crippen LogP contribution in [0.4, 0.5) is 0 Å². The quantitative estimate of drug-likeness (QED) is 0.435. The average molecular weight is 220 g/mol. The summed E-state index contributed by atoms with van der Waals surface area (Å²) in [4.78, 5) is 21.7. The van der Waals surface area contributed by atoms with E-state index in [4.69, 9.17) is 4.74 Å². The van der Waals surface area contributed by atoms with E-state index in [2.05, 4.69) is 0 Å². The van der Waals surface area contributed by atoms with Crippen molar-refractivity contribution in [3.8, 4) is 5.75 Å². The van der Waals surface area contributed by atoms with Gasteiger partial charge in [0.25, 0.3) is 0 Å². The Morgan fingerprint density at radius 2 is 2.12 bits per heavy atom. The van der Waals surface area contributed by atoms with Gasteiger partial charge < -0.3 is 9.53 Å². The molecule has 0 atom stereocenters. The molecule has 3 nitrogen and oxygen atoms in total. The van der Waals surface area contributed by atoms with Crippen molar-refractivity contribution in [1.82, 2.24) is 0 Å². The molecule has 0 heterocycles. The summed E-state index contributed by atoms with van der Waals surface area (Å²) in [5, 5.41) is 0. The highest BCUT2D eigenvalue weighted by Gasteiger charge is 2.08. The van der Waals surface area contributed by atoms with Gasteiger partial charge in [0, 0.05) is 5.56 Å². The molecule has 0 saturated heterocycles. The molecule has 0 aliphatic carbocycles. The van der Waals surface area contributed by atoms with Crippen LogP contribution >= 0.6 is 0 Å². The van der Waals surface area contributed by atoms with Crippen LogP contribution in [-0.2, 0) is 4.79 Å². The second-order valence-corrected chi connectivity index (χ2v) is 3.94. The highest BCUT2D eigenvalue weighted by atomic mass is 16.5. The molecule has 0 fully saturated rings. The van der Waals surface area contributed by atoms with Gasteiger partial charge in [-0.3, -0.25) is 4.79 Å². The van der Waals surface area contributed by atoms with Gasteiger partial charge in [0.05, 0.1) is 12.5 Å². The SMILES string of the molecule is Cc1cc(C(=O)CC=O)ccc1OC(C)C. The maximum absolute atomic E-state index is 11.5. The summed E-state index contributed by atoms with van der Waals surface area (Å²) in [5.74, 6) is 0.617. The Hall–Kier alpha value is -1.64. The van der Waals surface area contributed by atoms with Gasteiger partial charge in [-0.05, 0) is 44.5 Å². The first-order valence-corrected chi connectivity index (χ1v) is 5.28. The minimum absolute atomic E-state index is 0.0657. The lowest BCUT2D eigenvalue weighted by atomic mass is 10.1. The third-order valence-electron chi connectivity index (χ3n) is 2.13. The van der Waals surface area contributed by atoms with E-state index in [1.54, 1.807) is 18.2 Å². The van der Waals surface area contributed by atoms with E-state index in [0.717, 1.165) is 11.3 Å². The van der Waals surface area contributed by atoms with Crippen molar-refractivity contribution in [3.05, 3.63) is 29.3 Å². The van der Waals surface area contributed by atoms with Crippen LogP contribution in [0.5, 0.6) is 5.75 Å². The van der Waals surface area contributed by atoms with Gasteiger partial charge in [0.15, 0.2) is 5.78 Å². The molecule has 16 heavy (non-hydrogen) atoms. The molecule has 0 amide bonds.